The van der Waals surface area contributed by atoms with Gasteiger partial charge < -0.3 is 15.4 Å². The van der Waals surface area contributed by atoms with Gasteiger partial charge in [0, 0.05) is 6.04 Å². The average Bonchev–Trinajstić information content (AvgIpc) is 2.47. The third kappa shape index (κ3) is 4.44. The molecule has 19 heavy (non-hydrogen) atoms. The van der Waals surface area contributed by atoms with Crippen molar-refractivity contribution in [2.24, 2.45) is 0 Å². The Morgan fingerprint density at radius 2 is 2.11 bits per heavy atom. The number of benzene rings is 1. The monoisotopic (exact) mass is 280 g/mol. The Morgan fingerprint density at radius 1 is 1.37 bits per heavy atom. The van der Waals surface area contributed by atoms with Gasteiger partial charge in [-0.05, 0) is 36.5 Å². The summed E-state index contributed by atoms with van der Waals surface area (Å²) in [7, 11) is 1.60. The lowest BCUT2D eigenvalue weighted by atomic mass is 10.1. The molecule has 0 radical (unpaired) electrons. The molecule has 1 aliphatic rings. The minimum Gasteiger partial charge on any atom is -0.495 e. The first-order valence-electron chi connectivity index (χ1n) is 6.53. The van der Waals surface area contributed by atoms with Crippen LogP contribution in [0.15, 0.2) is 24.3 Å². The number of carbonyl (C=O) groups is 1. The first kappa shape index (κ1) is 14.2. The first-order valence-corrected chi connectivity index (χ1v) is 7.69. The molecule has 0 unspecified atom stereocenters. The van der Waals surface area contributed by atoms with E-state index in [1.807, 2.05) is 36.0 Å². The lowest BCUT2D eigenvalue weighted by Crippen LogP contribution is -2.38. The number of rotatable bonds is 5. The quantitative estimate of drug-likeness (QED) is 0.867. The second kappa shape index (κ2) is 7.40. The smallest absolute Gasteiger partial charge is 0.238 e. The normalized spacial score (nSPS) is 16.1. The Morgan fingerprint density at radius 3 is 2.84 bits per heavy atom. The molecule has 2 rings (SSSR count). The van der Waals surface area contributed by atoms with E-state index < -0.39 is 0 Å². The highest BCUT2D eigenvalue weighted by Crippen LogP contribution is 2.22. The molecule has 0 aromatic heterocycles. The molecule has 4 nitrogen and oxygen atoms in total. The number of amides is 1. The standard InChI is InChI=1S/C14H20N2O2S/c1-18-13-5-3-2-4-12(13)16-14(17)10-15-11-6-8-19-9-7-11/h2-5,11,15H,6-10H2,1H3,(H,16,17). The Labute approximate surface area is 118 Å². The molecule has 1 heterocycles. The molecule has 0 atom stereocenters. The summed E-state index contributed by atoms with van der Waals surface area (Å²) in [6.45, 7) is 0.355. The van der Waals surface area contributed by atoms with Gasteiger partial charge in [-0.1, -0.05) is 12.1 Å². The van der Waals surface area contributed by atoms with Crippen molar-refractivity contribution in [1.29, 1.82) is 0 Å². The van der Waals surface area contributed by atoms with E-state index in [9.17, 15) is 4.79 Å². The van der Waals surface area contributed by atoms with E-state index in [-0.39, 0.29) is 5.91 Å². The van der Waals surface area contributed by atoms with Crippen LogP contribution in [0.5, 0.6) is 5.75 Å². The molecule has 2 N–H and O–H groups in total. The van der Waals surface area contributed by atoms with E-state index in [1.165, 1.54) is 11.5 Å². The molecule has 1 amide bonds. The number of thioether (sulfide) groups is 1. The van der Waals surface area contributed by atoms with E-state index >= 15 is 0 Å². The molecule has 1 aromatic rings. The van der Waals surface area contributed by atoms with Gasteiger partial charge in [0.05, 0.1) is 19.3 Å². The zero-order valence-electron chi connectivity index (χ0n) is 11.1. The highest BCUT2D eigenvalue weighted by atomic mass is 32.2. The zero-order chi connectivity index (χ0) is 13.5. The van der Waals surface area contributed by atoms with Crippen LogP contribution in [0.1, 0.15) is 12.8 Å². The Hall–Kier alpha value is -1.20. The number of nitrogens with one attached hydrogen (secondary N) is 2. The number of anilines is 1. The molecule has 104 valence electrons. The van der Waals surface area contributed by atoms with Crippen molar-refractivity contribution in [1.82, 2.24) is 5.32 Å². The van der Waals surface area contributed by atoms with Gasteiger partial charge in [0.1, 0.15) is 5.75 Å². The van der Waals surface area contributed by atoms with Crippen LogP contribution in [0.25, 0.3) is 0 Å². The second-order valence-corrected chi connectivity index (χ2v) is 5.74. The van der Waals surface area contributed by atoms with Gasteiger partial charge in [0.15, 0.2) is 0 Å². The zero-order valence-corrected chi connectivity index (χ0v) is 12.0. The van der Waals surface area contributed by atoms with Crippen molar-refractivity contribution in [2.75, 3.05) is 30.5 Å². The van der Waals surface area contributed by atoms with Crippen molar-refractivity contribution in [2.45, 2.75) is 18.9 Å². The van der Waals surface area contributed by atoms with Crippen molar-refractivity contribution in [3.05, 3.63) is 24.3 Å². The summed E-state index contributed by atoms with van der Waals surface area (Å²) in [4.78, 5) is 11.9. The topological polar surface area (TPSA) is 50.4 Å². The van der Waals surface area contributed by atoms with Crippen LogP contribution in [0.4, 0.5) is 5.69 Å². The molecule has 0 bridgehead atoms. The molecular formula is C14H20N2O2S. The summed E-state index contributed by atoms with van der Waals surface area (Å²) in [6.07, 6.45) is 2.29. The van der Waals surface area contributed by atoms with Crippen LogP contribution in [0, 0.1) is 0 Å². The summed E-state index contributed by atoms with van der Waals surface area (Å²) < 4.78 is 5.20. The summed E-state index contributed by atoms with van der Waals surface area (Å²) in [5.41, 5.74) is 0.719. The van der Waals surface area contributed by atoms with Gasteiger partial charge in [-0.3, -0.25) is 4.79 Å². The van der Waals surface area contributed by atoms with Crippen molar-refractivity contribution >= 4 is 23.4 Å². The van der Waals surface area contributed by atoms with Gasteiger partial charge in [-0.25, -0.2) is 0 Å². The van der Waals surface area contributed by atoms with Crippen LogP contribution < -0.4 is 15.4 Å². The van der Waals surface area contributed by atoms with Gasteiger partial charge in [0.2, 0.25) is 5.91 Å². The lowest BCUT2D eigenvalue weighted by Gasteiger charge is -2.22. The van der Waals surface area contributed by atoms with Gasteiger partial charge in [-0.2, -0.15) is 11.8 Å². The highest BCUT2D eigenvalue weighted by Gasteiger charge is 2.14. The van der Waals surface area contributed by atoms with Crippen LogP contribution in [0.2, 0.25) is 0 Å². The lowest BCUT2D eigenvalue weighted by molar-refractivity contribution is -0.115. The maximum Gasteiger partial charge on any atom is 0.238 e. The summed E-state index contributed by atoms with van der Waals surface area (Å²) in [6, 6.07) is 7.91. The van der Waals surface area contributed by atoms with Crippen LogP contribution >= 0.6 is 11.8 Å². The molecule has 1 fully saturated rings. The Kier molecular flexibility index (Phi) is 5.54. The minimum atomic E-state index is -0.0253. The van der Waals surface area contributed by atoms with Gasteiger partial charge in [0.25, 0.3) is 0 Å². The second-order valence-electron chi connectivity index (χ2n) is 4.52. The Balaban J connectivity index is 1.80. The molecule has 0 spiro atoms. The molecular weight excluding hydrogens is 260 g/mol. The summed E-state index contributed by atoms with van der Waals surface area (Å²) in [5, 5.41) is 6.18. The third-order valence-electron chi connectivity index (χ3n) is 3.15. The highest BCUT2D eigenvalue weighted by molar-refractivity contribution is 7.99. The molecule has 0 saturated carbocycles. The van der Waals surface area contributed by atoms with E-state index in [1.54, 1.807) is 7.11 Å². The number of para-hydroxylation sites is 2. The molecule has 1 aromatic carbocycles. The fraction of sp³-hybridized carbons (Fsp3) is 0.500. The van der Waals surface area contributed by atoms with E-state index in [0.717, 1.165) is 18.5 Å². The van der Waals surface area contributed by atoms with E-state index in [0.29, 0.717) is 18.3 Å². The molecule has 1 saturated heterocycles. The molecule has 0 aliphatic carbocycles. The summed E-state index contributed by atoms with van der Waals surface area (Å²) >= 11 is 1.98. The number of ether oxygens (including phenoxy) is 1. The van der Waals surface area contributed by atoms with E-state index in [4.69, 9.17) is 4.74 Å². The largest absolute Gasteiger partial charge is 0.495 e. The maximum absolute atomic E-state index is 11.9. The third-order valence-corrected chi connectivity index (χ3v) is 4.20. The number of methoxy groups -OCH3 is 1. The number of carbonyl (C=O) groups excluding carboxylic acids is 1. The van der Waals surface area contributed by atoms with Crippen molar-refractivity contribution in [3.63, 3.8) is 0 Å². The predicted octanol–water partition coefficient (Wildman–Crippen LogP) is 2.12. The maximum atomic E-state index is 11.9. The molecule has 1 aliphatic heterocycles. The van der Waals surface area contributed by atoms with Crippen LogP contribution in [-0.2, 0) is 4.79 Å². The number of hydrogen-bond donors (Lipinski definition) is 2. The fourth-order valence-corrected chi connectivity index (χ4v) is 3.19. The fourth-order valence-electron chi connectivity index (χ4n) is 2.08. The number of hydrogen-bond acceptors (Lipinski definition) is 4. The summed E-state index contributed by atoms with van der Waals surface area (Å²) in [5.74, 6) is 3.03. The van der Waals surface area contributed by atoms with Crippen LogP contribution in [0.3, 0.4) is 0 Å². The Bertz CT molecular complexity index is 420. The van der Waals surface area contributed by atoms with Gasteiger partial charge in [-0.15, -0.1) is 0 Å². The molecule has 5 heteroatoms. The predicted molar refractivity (Wildman–Crippen MR) is 80.0 cm³/mol. The SMILES string of the molecule is COc1ccccc1NC(=O)CNC1CCSCC1. The van der Waals surface area contributed by atoms with Gasteiger partial charge >= 0.3 is 0 Å². The van der Waals surface area contributed by atoms with Crippen molar-refractivity contribution in [3.8, 4) is 5.75 Å². The van der Waals surface area contributed by atoms with Crippen molar-refractivity contribution < 1.29 is 9.53 Å². The first-order chi connectivity index (χ1) is 9.29. The van der Waals surface area contributed by atoms with Crippen LogP contribution in [-0.4, -0.2) is 37.1 Å². The minimum absolute atomic E-state index is 0.0253. The average molecular weight is 280 g/mol. The van der Waals surface area contributed by atoms with E-state index in [2.05, 4.69) is 10.6 Å².